The van der Waals surface area contributed by atoms with Crippen LogP contribution in [0.3, 0.4) is 0 Å². The molecule has 6 nitrogen and oxygen atoms in total. The lowest BCUT2D eigenvalue weighted by molar-refractivity contribution is 0.393. The molecule has 0 unspecified atom stereocenters. The molecule has 108 valence electrons. The van der Waals surface area contributed by atoms with Crippen molar-refractivity contribution in [2.45, 2.75) is 50.9 Å². The maximum atomic E-state index is 5.94. The molecule has 0 radical (unpaired) electrons. The first-order valence-electron chi connectivity index (χ1n) is 7.37. The smallest absolute Gasteiger partial charge is 0.263 e. The van der Waals surface area contributed by atoms with E-state index in [0.717, 1.165) is 24.2 Å². The van der Waals surface area contributed by atoms with Gasteiger partial charge < -0.3 is 10.3 Å². The highest BCUT2D eigenvalue weighted by Gasteiger charge is 2.21. The number of anilines is 1. The fraction of sp³-hybridized carbons (Fsp3) is 0.643. The van der Waals surface area contributed by atoms with Crippen LogP contribution in [0, 0.1) is 0 Å². The Morgan fingerprint density at radius 3 is 2.55 bits per heavy atom. The molecule has 1 aliphatic rings. The van der Waals surface area contributed by atoms with Crippen LogP contribution in [0.4, 0.5) is 5.82 Å². The van der Waals surface area contributed by atoms with Crippen molar-refractivity contribution in [2.75, 3.05) is 5.73 Å². The van der Waals surface area contributed by atoms with Crippen LogP contribution in [-0.2, 0) is 7.05 Å². The minimum atomic E-state index is 0.422. The number of hydrogen-bond donors (Lipinski definition) is 1. The van der Waals surface area contributed by atoms with E-state index in [9.17, 15) is 0 Å². The largest absolute Gasteiger partial charge is 0.383 e. The standard InChI is InChI=1S/C14H21N5O/c1-19-12(15)11(9-16-19)14-17-13(18-20-14)10-7-5-3-2-4-6-8-10/h9-10H,2-8,15H2,1H3. The molecule has 0 aromatic carbocycles. The zero-order chi connectivity index (χ0) is 13.9. The predicted octanol–water partition coefficient (Wildman–Crippen LogP) is 2.88. The maximum absolute atomic E-state index is 5.94. The normalized spacial score (nSPS) is 17.9. The molecule has 2 aromatic rings. The van der Waals surface area contributed by atoms with Gasteiger partial charge in [0.05, 0.1) is 6.20 Å². The molecule has 0 spiro atoms. The minimum absolute atomic E-state index is 0.422. The van der Waals surface area contributed by atoms with Crippen LogP contribution in [0.25, 0.3) is 11.5 Å². The average Bonchev–Trinajstić information content (AvgIpc) is 2.98. The molecule has 0 atom stereocenters. The SMILES string of the molecule is Cn1ncc(-c2nc(C3CCCCCCC3)no2)c1N. The Kier molecular flexibility index (Phi) is 3.71. The molecule has 1 fully saturated rings. The third-order valence-electron chi connectivity index (χ3n) is 4.13. The topological polar surface area (TPSA) is 82.8 Å². The van der Waals surface area contributed by atoms with Gasteiger partial charge in [-0.15, -0.1) is 0 Å². The molecular formula is C14H21N5O. The third-order valence-corrected chi connectivity index (χ3v) is 4.13. The van der Waals surface area contributed by atoms with Gasteiger partial charge in [0.2, 0.25) is 0 Å². The van der Waals surface area contributed by atoms with Crippen LogP contribution < -0.4 is 5.73 Å². The predicted molar refractivity (Wildman–Crippen MR) is 76.0 cm³/mol. The van der Waals surface area contributed by atoms with Gasteiger partial charge in [-0.05, 0) is 12.8 Å². The number of hydrogen-bond acceptors (Lipinski definition) is 5. The summed E-state index contributed by atoms with van der Waals surface area (Å²) in [7, 11) is 1.80. The second kappa shape index (κ2) is 5.64. The highest BCUT2D eigenvalue weighted by molar-refractivity contribution is 5.66. The molecule has 20 heavy (non-hydrogen) atoms. The molecule has 0 saturated heterocycles. The van der Waals surface area contributed by atoms with E-state index in [4.69, 9.17) is 10.3 Å². The van der Waals surface area contributed by atoms with Gasteiger partial charge >= 0.3 is 0 Å². The summed E-state index contributed by atoms with van der Waals surface area (Å²) < 4.78 is 6.98. The molecule has 0 amide bonds. The first-order chi connectivity index (χ1) is 9.75. The van der Waals surface area contributed by atoms with Gasteiger partial charge in [0.1, 0.15) is 11.4 Å². The summed E-state index contributed by atoms with van der Waals surface area (Å²) in [6.45, 7) is 0. The lowest BCUT2D eigenvalue weighted by atomic mass is 9.91. The van der Waals surface area contributed by atoms with Crippen molar-refractivity contribution in [3.63, 3.8) is 0 Å². The Morgan fingerprint density at radius 2 is 1.90 bits per heavy atom. The van der Waals surface area contributed by atoms with E-state index in [1.165, 1.54) is 32.1 Å². The van der Waals surface area contributed by atoms with Crippen molar-refractivity contribution >= 4 is 5.82 Å². The molecule has 0 bridgehead atoms. The van der Waals surface area contributed by atoms with E-state index in [1.54, 1.807) is 17.9 Å². The number of nitrogens with zero attached hydrogens (tertiary/aromatic N) is 4. The Balaban J connectivity index is 1.80. The second-order valence-electron chi connectivity index (χ2n) is 5.57. The Hall–Kier alpha value is -1.85. The van der Waals surface area contributed by atoms with Gasteiger partial charge in [-0.25, -0.2) is 0 Å². The third kappa shape index (κ3) is 2.55. The van der Waals surface area contributed by atoms with E-state index < -0.39 is 0 Å². The zero-order valence-corrected chi connectivity index (χ0v) is 11.9. The summed E-state index contributed by atoms with van der Waals surface area (Å²) >= 11 is 0. The number of nitrogens with two attached hydrogens (primary N) is 1. The van der Waals surface area contributed by atoms with Gasteiger partial charge in [-0.2, -0.15) is 10.1 Å². The first kappa shape index (κ1) is 13.1. The molecule has 3 rings (SSSR count). The average molecular weight is 275 g/mol. The monoisotopic (exact) mass is 275 g/mol. The lowest BCUT2D eigenvalue weighted by Gasteiger charge is -2.15. The van der Waals surface area contributed by atoms with E-state index >= 15 is 0 Å². The van der Waals surface area contributed by atoms with Gasteiger partial charge in [-0.3, -0.25) is 4.68 Å². The Labute approximate surface area is 118 Å². The van der Waals surface area contributed by atoms with E-state index in [2.05, 4.69) is 15.2 Å². The Bertz CT molecular complexity index is 566. The van der Waals surface area contributed by atoms with Crippen molar-refractivity contribution < 1.29 is 4.52 Å². The molecule has 1 saturated carbocycles. The van der Waals surface area contributed by atoms with Crippen molar-refractivity contribution in [3.05, 3.63) is 12.0 Å². The van der Waals surface area contributed by atoms with Gasteiger partial charge in [0.25, 0.3) is 5.89 Å². The number of rotatable bonds is 2. The summed E-state index contributed by atoms with van der Waals surface area (Å²) in [4.78, 5) is 4.54. The molecule has 2 N–H and O–H groups in total. The lowest BCUT2D eigenvalue weighted by Crippen LogP contribution is -2.04. The maximum Gasteiger partial charge on any atom is 0.263 e. The zero-order valence-electron chi connectivity index (χ0n) is 11.9. The van der Waals surface area contributed by atoms with Crippen LogP contribution in [0.1, 0.15) is 56.7 Å². The number of aromatic nitrogens is 4. The summed E-state index contributed by atoms with van der Waals surface area (Å²) in [5, 5.41) is 8.27. The van der Waals surface area contributed by atoms with Crippen LogP contribution >= 0.6 is 0 Å². The number of aryl methyl sites for hydroxylation is 1. The fourth-order valence-corrected chi connectivity index (χ4v) is 2.84. The van der Waals surface area contributed by atoms with Crippen LogP contribution in [0.5, 0.6) is 0 Å². The number of nitrogen functional groups attached to an aromatic ring is 1. The fourth-order valence-electron chi connectivity index (χ4n) is 2.84. The van der Waals surface area contributed by atoms with Crippen LogP contribution in [0.15, 0.2) is 10.7 Å². The van der Waals surface area contributed by atoms with E-state index in [1.807, 2.05) is 0 Å². The van der Waals surface area contributed by atoms with Gasteiger partial charge in [0.15, 0.2) is 5.82 Å². The van der Waals surface area contributed by atoms with Crippen molar-refractivity contribution in [3.8, 4) is 11.5 Å². The molecular weight excluding hydrogens is 254 g/mol. The molecule has 2 aromatic heterocycles. The second-order valence-corrected chi connectivity index (χ2v) is 5.57. The highest BCUT2D eigenvalue weighted by atomic mass is 16.5. The summed E-state index contributed by atoms with van der Waals surface area (Å²) in [5.41, 5.74) is 6.66. The summed E-state index contributed by atoms with van der Waals surface area (Å²) in [6, 6.07) is 0. The molecule has 0 aliphatic heterocycles. The highest BCUT2D eigenvalue weighted by Crippen LogP contribution is 2.31. The molecule has 1 aliphatic carbocycles. The van der Waals surface area contributed by atoms with E-state index in [-0.39, 0.29) is 0 Å². The van der Waals surface area contributed by atoms with Crippen molar-refractivity contribution in [2.24, 2.45) is 7.05 Å². The van der Waals surface area contributed by atoms with Crippen molar-refractivity contribution in [1.29, 1.82) is 0 Å². The first-order valence-corrected chi connectivity index (χ1v) is 7.37. The van der Waals surface area contributed by atoms with Crippen LogP contribution in [0.2, 0.25) is 0 Å². The summed E-state index contributed by atoms with van der Waals surface area (Å²) in [5.74, 6) is 2.28. The summed E-state index contributed by atoms with van der Waals surface area (Å²) in [6.07, 6.45) is 10.5. The molecule has 6 heteroatoms. The van der Waals surface area contributed by atoms with Crippen molar-refractivity contribution in [1.82, 2.24) is 19.9 Å². The quantitative estimate of drug-likeness (QED) is 0.911. The minimum Gasteiger partial charge on any atom is -0.383 e. The Morgan fingerprint density at radius 1 is 1.20 bits per heavy atom. The molecule has 2 heterocycles. The van der Waals surface area contributed by atoms with Crippen LogP contribution in [-0.4, -0.2) is 19.9 Å². The van der Waals surface area contributed by atoms with Gasteiger partial charge in [-0.1, -0.05) is 37.3 Å². The van der Waals surface area contributed by atoms with Gasteiger partial charge in [0, 0.05) is 13.0 Å². The van der Waals surface area contributed by atoms with E-state index in [0.29, 0.717) is 17.6 Å².